The van der Waals surface area contributed by atoms with Crippen molar-refractivity contribution in [2.24, 2.45) is 5.92 Å². The van der Waals surface area contributed by atoms with Crippen LogP contribution in [0.25, 0.3) is 11.3 Å². The van der Waals surface area contributed by atoms with E-state index in [-0.39, 0.29) is 5.75 Å². The van der Waals surface area contributed by atoms with Gasteiger partial charge in [0.1, 0.15) is 11.6 Å². The second kappa shape index (κ2) is 11.1. The number of hydrogen-bond acceptors (Lipinski definition) is 5. The minimum absolute atomic E-state index is 0.278. The van der Waals surface area contributed by atoms with Gasteiger partial charge >= 0.3 is 0 Å². The molecule has 1 saturated carbocycles. The van der Waals surface area contributed by atoms with Gasteiger partial charge < -0.3 is 5.11 Å². The second-order valence-electron chi connectivity index (χ2n) is 9.28. The zero-order valence-electron chi connectivity index (χ0n) is 19.7. The fourth-order valence-electron chi connectivity index (χ4n) is 4.62. The highest BCUT2D eigenvalue weighted by Gasteiger charge is 2.24. The Balaban J connectivity index is 1.42. The SMILES string of the molecule is CS(=O)(=O)N(Cc1cccc(-c2ccnc(CCCc3ccc(O)cc3)n2)c1)CC1CCCC1. The molecule has 0 unspecified atom stereocenters. The van der Waals surface area contributed by atoms with Gasteiger partial charge in [0, 0.05) is 31.3 Å². The number of aromatic hydroxyl groups is 1. The lowest BCUT2D eigenvalue weighted by molar-refractivity contribution is 0.342. The Labute approximate surface area is 202 Å². The highest BCUT2D eigenvalue weighted by molar-refractivity contribution is 7.88. The number of aryl methyl sites for hydroxylation is 2. The smallest absolute Gasteiger partial charge is 0.211 e. The molecular weight excluding hydrogens is 446 g/mol. The summed E-state index contributed by atoms with van der Waals surface area (Å²) in [5, 5.41) is 9.42. The molecule has 1 fully saturated rings. The summed E-state index contributed by atoms with van der Waals surface area (Å²) in [5.41, 5.74) is 3.95. The zero-order valence-corrected chi connectivity index (χ0v) is 20.5. The first-order valence-corrected chi connectivity index (χ1v) is 13.9. The van der Waals surface area contributed by atoms with Crippen LogP contribution in [0, 0.1) is 5.92 Å². The standard InChI is InChI=1S/C27H33N3O3S/c1-34(32,33)30(19-22-6-2-3-7-22)20-23-9-4-10-24(18-23)26-16-17-28-27(29-26)11-5-8-21-12-14-25(31)15-13-21/h4,9-10,12-18,22,31H,2-3,5-8,11,19-20H2,1H3. The maximum atomic E-state index is 12.4. The van der Waals surface area contributed by atoms with Crippen LogP contribution in [-0.4, -0.2) is 40.6 Å². The summed E-state index contributed by atoms with van der Waals surface area (Å²) < 4.78 is 26.5. The maximum absolute atomic E-state index is 12.4. The number of nitrogens with zero attached hydrogens (tertiary/aromatic N) is 3. The summed E-state index contributed by atoms with van der Waals surface area (Å²) in [6.45, 7) is 0.982. The fourth-order valence-corrected chi connectivity index (χ4v) is 5.49. The van der Waals surface area contributed by atoms with Gasteiger partial charge in [-0.1, -0.05) is 43.2 Å². The van der Waals surface area contributed by atoms with Crippen LogP contribution in [0.3, 0.4) is 0 Å². The molecule has 1 heterocycles. The van der Waals surface area contributed by atoms with Crippen LogP contribution in [-0.2, 0) is 29.4 Å². The Morgan fingerprint density at radius 2 is 1.76 bits per heavy atom. The molecule has 0 aliphatic heterocycles. The number of phenols is 1. The first-order valence-electron chi connectivity index (χ1n) is 12.0. The molecule has 2 aromatic carbocycles. The lowest BCUT2D eigenvalue weighted by Gasteiger charge is -2.23. The molecular formula is C27H33N3O3S. The Morgan fingerprint density at radius 3 is 2.50 bits per heavy atom. The van der Waals surface area contributed by atoms with Crippen LogP contribution in [0.5, 0.6) is 5.75 Å². The number of phenolic OH excluding ortho intramolecular Hbond substituents is 1. The van der Waals surface area contributed by atoms with Crippen molar-refractivity contribution in [2.75, 3.05) is 12.8 Å². The van der Waals surface area contributed by atoms with Crippen molar-refractivity contribution in [3.8, 4) is 17.0 Å². The summed E-state index contributed by atoms with van der Waals surface area (Å²) in [7, 11) is -3.28. The first-order chi connectivity index (χ1) is 16.4. The largest absolute Gasteiger partial charge is 0.508 e. The lowest BCUT2D eigenvalue weighted by Crippen LogP contribution is -2.33. The second-order valence-corrected chi connectivity index (χ2v) is 11.3. The van der Waals surface area contributed by atoms with Crippen molar-refractivity contribution in [3.63, 3.8) is 0 Å². The third kappa shape index (κ3) is 6.87. The quantitative estimate of drug-likeness (QED) is 0.444. The van der Waals surface area contributed by atoms with Gasteiger partial charge in [0.05, 0.1) is 11.9 Å². The van der Waals surface area contributed by atoms with Crippen LogP contribution >= 0.6 is 0 Å². The number of sulfonamides is 1. The van der Waals surface area contributed by atoms with E-state index in [1.165, 1.54) is 24.7 Å². The van der Waals surface area contributed by atoms with E-state index in [4.69, 9.17) is 4.98 Å². The number of aromatic nitrogens is 2. The Morgan fingerprint density at radius 1 is 1.00 bits per heavy atom. The van der Waals surface area contributed by atoms with Crippen molar-refractivity contribution in [1.82, 2.24) is 14.3 Å². The summed E-state index contributed by atoms with van der Waals surface area (Å²) in [6.07, 6.45) is 10.3. The third-order valence-electron chi connectivity index (χ3n) is 6.49. The van der Waals surface area contributed by atoms with Crippen molar-refractivity contribution in [1.29, 1.82) is 0 Å². The highest BCUT2D eigenvalue weighted by atomic mass is 32.2. The van der Waals surface area contributed by atoms with Gasteiger partial charge in [-0.2, -0.15) is 4.31 Å². The Kier molecular flexibility index (Phi) is 7.95. The monoisotopic (exact) mass is 479 g/mol. The molecule has 0 radical (unpaired) electrons. The molecule has 0 amide bonds. The van der Waals surface area contributed by atoms with Crippen molar-refractivity contribution in [3.05, 3.63) is 77.7 Å². The van der Waals surface area contributed by atoms with E-state index >= 15 is 0 Å². The van der Waals surface area contributed by atoms with Gasteiger partial charge in [0.25, 0.3) is 0 Å². The molecule has 0 saturated heterocycles. The van der Waals surface area contributed by atoms with E-state index in [1.54, 1.807) is 22.6 Å². The lowest BCUT2D eigenvalue weighted by atomic mass is 10.1. The topological polar surface area (TPSA) is 83.4 Å². The van der Waals surface area contributed by atoms with Gasteiger partial charge in [0.15, 0.2) is 0 Å². The zero-order chi connectivity index (χ0) is 24.0. The molecule has 0 atom stereocenters. The molecule has 6 nitrogen and oxygen atoms in total. The van der Waals surface area contributed by atoms with Crippen molar-refractivity contribution < 1.29 is 13.5 Å². The summed E-state index contributed by atoms with van der Waals surface area (Å²) in [4.78, 5) is 9.19. The predicted molar refractivity (Wildman–Crippen MR) is 135 cm³/mol. The molecule has 0 bridgehead atoms. The molecule has 1 aliphatic rings. The summed E-state index contributed by atoms with van der Waals surface area (Å²) in [5.74, 6) is 1.53. The van der Waals surface area contributed by atoms with Crippen LogP contribution in [0.2, 0.25) is 0 Å². The Hall–Kier alpha value is -2.77. The van der Waals surface area contributed by atoms with E-state index in [0.29, 0.717) is 19.0 Å². The van der Waals surface area contributed by atoms with E-state index in [2.05, 4.69) is 4.98 Å². The van der Waals surface area contributed by atoms with Crippen molar-refractivity contribution >= 4 is 10.0 Å². The van der Waals surface area contributed by atoms with Crippen LogP contribution < -0.4 is 0 Å². The van der Waals surface area contributed by atoms with Gasteiger partial charge in [-0.15, -0.1) is 0 Å². The van der Waals surface area contributed by atoms with E-state index in [1.807, 2.05) is 42.5 Å². The van der Waals surface area contributed by atoms with Crippen molar-refractivity contribution in [2.45, 2.75) is 51.5 Å². The minimum Gasteiger partial charge on any atom is -0.508 e. The first kappa shape index (κ1) is 24.4. The minimum atomic E-state index is -3.28. The number of hydrogen-bond donors (Lipinski definition) is 1. The maximum Gasteiger partial charge on any atom is 0.211 e. The summed E-state index contributed by atoms with van der Waals surface area (Å²) >= 11 is 0. The molecule has 180 valence electrons. The average Bonchev–Trinajstić information content (AvgIpc) is 3.33. The molecule has 4 rings (SSSR count). The normalized spacial score (nSPS) is 14.6. The number of benzene rings is 2. The summed E-state index contributed by atoms with van der Waals surface area (Å²) in [6, 6.07) is 17.2. The molecule has 3 aromatic rings. The molecule has 7 heteroatoms. The highest BCUT2D eigenvalue weighted by Crippen LogP contribution is 2.27. The molecule has 1 aromatic heterocycles. The third-order valence-corrected chi connectivity index (χ3v) is 7.71. The number of rotatable bonds is 10. The molecule has 0 spiro atoms. The van der Waals surface area contributed by atoms with E-state index in [9.17, 15) is 13.5 Å². The van der Waals surface area contributed by atoms with Gasteiger partial charge in [-0.3, -0.25) is 0 Å². The van der Waals surface area contributed by atoms with Crippen LogP contribution in [0.4, 0.5) is 0 Å². The predicted octanol–water partition coefficient (Wildman–Crippen LogP) is 4.98. The van der Waals surface area contributed by atoms with E-state index < -0.39 is 10.0 Å². The van der Waals surface area contributed by atoms with Crippen LogP contribution in [0.15, 0.2) is 60.8 Å². The molecule has 34 heavy (non-hydrogen) atoms. The van der Waals surface area contributed by atoms with Gasteiger partial charge in [-0.05, 0) is 67.0 Å². The molecule has 1 aliphatic carbocycles. The average molecular weight is 480 g/mol. The van der Waals surface area contributed by atoms with Gasteiger partial charge in [0.2, 0.25) is 10.0 Å². The van der Waals surface area contributed by atoms with Crippen LogP contribution in [0.1, 0.15) is 49.1 Å². The fraction of sp³-hybridized carbons (Fsp3) is 0.407. The molecule has 1 N–H and O–H groups in total. The Bertz CT molecular complexity index is 1190. The van der Waals surface area contributed by atoms with Gasteiger partial charge in [-0.25, -0.2) is 18.4 Å². The van der Waals surface area contributed by atoms with E-state index in [0.717, 1.165) is 54.7 Å².